The number of carbonyl (C=O) groups excluding carboxylic acids is 3. The van der Waals surface area contributed by atoms with Crippen LogP contribution in [0.2, 0.25) is 0 Å². The van der Waals surface area contributed by atoms with Crippen LogP contribution in [0.25, 0.3) is 10.8 Å². The van der Waals surface area contributed by atoms with Crippen molar-refractivity contribution in [3.63, 3.8) is 0 Å². The Bertz CT molecular complexity index is 944. The highest BCUT2D eigenvalue weighted by Gasteiger charge is 2.30. The van der Waals surface area contributed by atoms with Crippen LogP contribution in [0.4, 0.5) is 5.69 Å². The maximum Gasteiger partial charge on any atom is 0.246 e. The third kappa shape index (κ3) is 2.94. The van der Waals surface area contributed by atoms with Gasteiger partial charge < -0.3 is 10.6 Å². The minimum atomic E-state index is -0.489. The zero-order valence-electron chi connectivity index (χ0n) is 14.0. The molecule has 3 amide bonds. The molecule has 0 unspecified atom stereocenters. The molecule has 26 heavy (non-hydrogen) atoms. The monoisotopic (exact) mass is 367 g/mol. The predicted octanol–water partition coefficient (Wildman–Crippen LogP) is 1.90. The van der Waals surface area contributed by atoms with Crippen molar-refractivity contribution in [1.29, 1.82) is 0 Å². The van der Waals surface area contributed by atoms with Gasteiger partial charge in [0.15, 0.2) is 5.11 Å². The number of nitrogens with zero attached hydrogens (tertiary/aromatic N) is 1. The van der Waals surface area contributed by atoms with Crippen LogP contribution >= 0.6 is 12.2 Å². The summed E-state index contributed by atoms with van der Waals surface area (Å²) >= 11 is 5.22. The predicted molar refractivity (Wildman–Crippen MR) is 102 cm³/mol. The molecule has 1 saturated heterocycles. The molecule has 2 aromatic rings. The molecule has 0 saturated carbocycles. The number of nitrogens with one attached hydrogen (secondary N) is 2. The molecule has 0 atom stereocenters. The summed E-state index contributed by atoms with van der Waals surface area (Å²) in [6.07, 6.45) is 2.40. The van der Waals surface area contributed by atoms with Gasteiger partial charge in [0.25, 0.3) is 0 Å². The second kappa shape index (κ2) is 6.49. The van der Waals surface area contributed by atoms with Crippen molar-refractivity contribution < 1.29 is 14.4 Å². The third-order valence-corrected chi connectivity index (χ3v) is 5.04. The molecule has 1 aliphatic carbocycles. The number of aryl methyl sites for hydroxylation is 2. The van der Waals surface area contributed by atoms with E-state index in [-0.39, 0.29) is 36.3 Å². The van der Waals surface area contributed by atoms with Crippen LogP contribution < -0.4 is 10.6 Å². The van der Waals surface area contributed by atoms with E-state index in [9.17, 15) is 14.4 Å². The molecule has 2 N–H and O–H groups in total. The van der Waals surface area contributed by atoms with Gasteiger partial charge >= 0.3 is 0 Å². The zero-order chi connectivity index (χ0) is 18.3. The highest BCUT2D eigenvalue weighted by atomic mass is 32.1. The first kappa shape index (κ1) is 16.7. The molecule has 0 bridgehead atoms. The fourth-order valence-corrected chi connectivity index (χ4v) is 3.84. The molecule has 1 fully saturated rings. The van der Waals surface area contributed by atoms with Crippen LogP contribution in [0, 0.1) is 0 Å². The van der Waals surface area contributed by atoms with Gasteiger partial charge in [-0.15, -0.1) is 0 Å². The van der Waals surface area contributed by atoms with Crippen LogP contribution in [0.3, 0.4) is 0 Å². The lowest BCUT2D eigenvalue weighted by molar-refractivity contribution is -0.142. The number of hydrogen-bond donors (Lipinski definition) is 2. The van der Waals surface area contributed by atoms with Gasteiger partial charge in [-0.25, -0.2) is 0 Å². The van der Waals surface area contributed by atoms with Gasteiger partial charge in [0.1, 0.15) is 6.54 Å². The number of rotatable bonds is 3. The van der Waals surface area contributed by atoms with Crippen molar-refractivity contribution in [2.24, 2.45) is 0 Å². The quantitative estimate of drug-likeness (QED) is 0.640. The standard InChI is InChI=1S/C19H17N3O3S/c23-15(10-22-16(24)8-9-17(22)25)21-19(26)20-14-7-6-12-5-4-11-2-1-3-13(14)18(11)12/h1-3,6-7H,4-5,8-10H2,(H2,20,21,23,26). The van der Waals surface area contributed by atoms with Crippen molar-refractivity contribution in [2.45, 2.75) is 25.7 Å². The Labute approximate surface area is 155 Å². The average Bonchev–Trinajstić information content (AvgIpc) is 3.17. The van der Waals surface area contributed by atoms with Crippen molar-refractivity contribution in [2.75, 3.05) is 11.9 Å². The lowest BCUT2D eigenvalue weighted by atomic mass is 10.0. The SMILES string of the molecule is O=C(CN1C(=O)CCC1=O)NC(=S)Nc1ccc2c3c(cccc13)CC2. The molecule has 4 rings (SSSR count). The summed E-state index contributed by atoms with van der Waals surface area (Å²) in [6.45, 7) is -0.302. The van der Waals surface area contributed by atoms with Crippen LogP contribution in [0.1, 0.15) is 24.0 Å². The van der Waals surface area contributed by atoms with Crippen molar-refractivity contribution in [3.05, 3.63) is 41.5 Å². The summed E-state index contributed by atoms with van der Waals surface area (Å²) in [5.74, 6) is -1.13. The minimum absolute atomic E-state index is 0.146. The Morgan fingerprint density at radius 1 is 1.00 bits per heavy atom. The molecule has 1 aliphatic heterocycles. The van der Waals surface area contributed by atoms with Crippen molar-refractivity contribution in [1.82, 2.24) is 10.2 Å². The van der Waals surface area contributed by atoms with Gasteiger partial charge in [0.2, 0.25) is 17.7 Å². The van der Waals surface area contributed by atoms with E-state index in [2.05, 4.69) is 22.8 Å². The molecule has 132 valence electrons. The highest BCUT2D eigenvalue weighted by Crippen LogP contribution is 2.34. The molecule has 1 heterocycles. The largest absolute Gasteiger partial charge is 0.332 e. The summed E-state index contributed by atoms with van der Waals surface area (Å²) in [6, 6.07) is 10.2. The maximum absolute atomic E-state index is 12.1. The summed E-state index contributed by atoms with van der Waals surface area (Å²) in [5.41, 5.74) is 3.47. The average molecular weight is 367 g/mol. The Hall–Kier alpha value is -2.80. The molecule has 2 aliphatic rings. The molecule has 0 spiro atoms. The van der Waals surface area contributed by atoms with E-state index < -0.39 is 5.91 Å². The normalized spacial score (nSPS) is 15.6. The van der Waals surface area contributed by atoms with Gasteiger partial charge in [0.05, 0.1) is 0 Å². The fraction of sp³-hybridized carbons (Fsp3) is 0.263. The van der Waals surface area contributed by atoms with E-state index in [0.717, 1.165) is 28.8 Å². The number of likely N-dealkylation sites (tertiary alicyclic amines) is 1. The van der Waals surface area contributed by atoms with Gasteiger partial charge in [-0.3, -0.25) is 19.3 Å². The Kier molecular flexibility index (Phi) is 4.16. The first-order valence-electron chi connectivity index (χ1n) is 8.50. The van der Waals surface area contributed by atoms with Crippen molar-refractivity contribution in [3.8, 4) is 0 Å². The maximum atomic E-state index is 12.1. The molecule has 6 nitrogen and oxygen atoms in total. The fourth-order valence-electron chi connectivity index (χ4n) is 3.62. The van der Waals surface area contributed by atoms with Crippen LogP contribution in [-0.2, 0) is 27.2 Å². The number of carbonyl (C=O) groups is 3. The topological polar surface area (TPSA) is 78.5 Å². The van der Waals surface area contributed by atoms with Crippen LogP contribution in [0.15, 0.2) is 30.3 Å². The summed E-state index contributed by atoms with van der Waals surface area (Å²) in [5, 5.41) is 8.06. The van der Waals surface area contributed by atoms with Gasteiger partial charge in [-0.2, -0.15) is 0 Å². The van der Waals surface area contributed by atoms with Gasteiger partial charge in [0, 0.05) is 23.9 Å². The second-order valence-electron chi connectivity index (χ2n) is 6.49. The summed E-state index contributed by atoms with van der Waals surface area (Å²) in [4.78, 5) is 36.2. The van der Waals surface area contributed by atoms with E-state index in [1.165, 1.54) is 16.5 Å². The molecular formula is C19H17N3O3S. The van der Waals surface area contributed by atoms with Crippen LogP contribution in [0.5, 0.6) is 0 Å². The van der Waals surface area contributed by atoms with E-state index in [0.29, 0.717) is 0 Å². The smallest absolute Gasteiger partial charge is 0.246 e. The number of benzene rings is 2. The molecule has 0 radical (unpaired) electrons. The van der Waals surface area contributed by atoms with E-state index >= 15 is 0 Å². The number of amides is 3. The number of anilines is 1. The third-order valence-electron chi connectivity index (χ3n) is 4.83. The Balaban J connectivity index is 1.46. The lowest BCUT2D eigenvalue weighted by Gasteiger charge is -2.15. The van der Waals surface area contributed by atoms with E-state index in [4.69, 9.17) is 12.2 Å². The first-order valence-corrected chi connectivity index (χ1v) is 8.91. The minimum Gasteiger partial charge on any atom is -0.332 e. The zero-order valence-corrected chi connectivity index (χ0v) is 14.8. The van der Waals surface area contributed by atoms with Crippen LogP contribution in [-0.4, -0.2) is 34.3 Å². The number of thiocarbonyl (C=S) groups is 1. The van der Waals surface area contributed by atoms with E-state index in [1.54, 1.807) is 0 Å². The highest BCUT2D eigenvalue weighted by molar-refractivity contribution is 7.80. The van der Waals surface area contributed by atoms with Crippen molar-refractivity contribution >= 4 is 51.5 Å². The second-order valence-corrected chi connectivity index (χ2v) is 6.90. The van der Waals surface area contributed by atoms with Gasteiger partial charge in [-0.1, -0.05) is 24.3 Å². The molecule has 7 heteroatoms. The summed E-state index contributed by atoms with van der Waals surface area (Å²) in [7, 11) is 0. The molecule has 0 aromatic heterocycles. The molecular weight excluding hydrogens is 350 g/mol. The lowest BCUT2D eigenvalue weighted by Crippen LogP contribution is -2.43. The summed E-state index contributed by atoms with van der Waals surface area (Å²) < 4.78 is 0. The van der Waals surface area contributed by atoms with Gasteiger partial charge in [-0.05, 0) is 47.6 Å². The number of hydrogen-bond acceptors (Lipinski definition) is 4. The Morgan fingerprint density at radius 3 is 2.42 bits per heavy atom. The first-order chi connectivity index (χ1) is 12.5. The molecule has 2 aromatic carbocycles. The van der Waals surface area contributed by atoms with E-state index in [1.807, 2.05) is 18.2 Å². The Morgan fingerprint density at radius 2 is 1.69 bits per heavy atom. The number of imide groups is 1.